The van der Waals surface area contributed by atoms with Crippen molar-refractivity contribution in [2.45, 2.75) is 6.92 Å². The van der Waals surface area contributed by atoms with Crippen molar-refractivity contribution < 1.29 is 17.9 Å². The molecule has 1 rings (SSSR count). The van der Waals surface area contributed by atoms with Gasteiger partial charge in [-0.25, -0.2) is 8.42 Å². The Hall–Kier alpha value is -1.76. The number of carbonyl (C=O) groups excluding carboxylic acids is 1. The number of esters is 1. The van der Waals surface area contributed by atoms with Gasteiger partial charge in [0, 0.05) is 0 Å². The molecule has 7 heteroatoms. The Morgan fingerprint density at radius 1 is 1.47 bits per heavy atom. The van der Waals surface area contributed by atoms with Crippen LogP contribution in [-0.2, 0) is 19.6 Å². The molecule has 0 aromatic heterocycles. The molecule has 3 N–H and O–H groups in total. The van der Waals surface area contributed by atoms with Crippen molar-refractivity contribution >= 4 is 27.4 Å². The van der Waals surface area contributed by atoms with E-state index in [1.807, 2.05) is 0 Å². The number of nitrogen functional groups attached to an aromatic ring is 1. The predicted molar refractivity (Wildman–Crippen MR) is 65.0 cm³/mol. The number of benzene rings is 1. The summed E-state index contributed by atoms with van der Waals surface area (Å²) in [6, 6.07) is 5.00. The predicted octanol–water partition coefficient (Wildman–Crippen LogP) is 0.492. The summed E-state index contributed by atoms with van der Waals surface area (Å²) in [5.74, 6) is -1.57. The third kappa shape index (κ3) is 3.63. The average molecular weight is 258 g/mol. The fourth-order valence-corrected chi connectivity index (χ4v) is 2.33. The summed E-state index contributed by atoms with van der Waals surface area (Å²) in [7, 11) is -2.67. The molecule has 0 aliphatic rings. The second-order valence-electron chi connectivity index (χ2n) is 3.48. The van der Waals surface area contributed by atoms with E-state index in [-0.39, 0.29) is 5.69 Å². The van der Waals surface area contributed by atoms with Crippen LogP contribution in [0.5, 0.6) is 0 Å². The number of aryl methyl sites for hydroxylation is 1. The summed E-state index contributed by atoms with van der Waals surface area (Å²) >= 11 is 0. The van der Waals surface area contributed by atoms with Crippen molar-refractivity contribution in [3.63, 3.8) is 0 Å². The number of sulfonamides is 1. The molecule has 0 fully saturated rings. The van der Waals surface area contributed by atoms with Crippen LogP contribution in [0.25, 0.3) is 0 Å². The number of rotatable bonds is 4. The normalized spacial score (nSPS) is 10.9. The standard InChI is InChI=1S/C10H14N2O4S/c1-7-4-3-5-8(11)10(7)12-17(14,15)6-9(13)16-2/h3-5,12H,6,11H2,1-2H3. The minimum atomic E-state index is -3.80. The van der Waals surface area contributed by atoms with Crippen LogP contribution in [0, 0.1) is 6.92 Å². The minimum Gasteiger partial charge on any atom is -0.468 e. The number of ether oxygens (including phenoxy) is 1. The second-order valence-corrected chi connectivity index (χ2v) is 5.20. The summed E-state index contributed by atoms with van der Waals surface area (Å²) in [6.07, 6.45) is 0. The Balaban J connectivity index is 2.95. The van der Waals surface area contributed by atoms with Gasteiger partial charge in [-0.3, -0.25) is 9.52 Å². The topological polar surface area (TPSA) is 98.5 Å². The van der Waals surface area contributed by atoms with Crippen molar-refractivity contribution in [1.82, 2.24) is 0 Å². The first-order chi connectivity index (χ1) is 7.85. The van der Waals surface area contributed by atoms with Crippen LogP contribution in [0.3, 0.4) is 0 Å². The zero-order valence-electron chi connectivity index (χ0n) is 9.56. The summed E-state index contributed by atoms with van der Waals surface area (Å²) in [6.45, 7) is 1.71. The van der Waals surface area contributed by atoms with Crippen molar-refractivity contribution in [1.29, 1.82) is 0 Å². The maximum Gasteiger partial charge on any atom is 0.322 e. The summed E-state index contributed by atoms with van der Waals surface area (Å²) in [4.78, 5) is 10.9. The number of para-hydroxylation sites is 1. The fraction of sp³-hybridized carbons (Fsp3) is 0.300. The number of carbonyl (C=O) groups is 1. The van der Waals surface area contributed by atoms with E-state index in [2.05, 4.69) is 9.46 Å². The lowest BCUT2D eigenvalue weighted by molar-refractivity contribution is -0.137. The highest BCUT2D eigenvalue weighted by atomic mass is 32.2. The summed E-state index contributed by atoms with van der Waals surface area (Å²) in [5.41, 5.74) is 6.92. The Morgan fingerprint density at radius 2 is 2.12 bits per heavy atom. The Labute approximate surface area is 99.8 Å². The van der Waals surface area contributed by atoms with E-state index in [4.69, 9.17) is 5.73 Å². The van der Waals surface area contributed by atoms with Gasteiger partial charge in [0.1, 0.15) is 0 Å². The number of nitrogens with one attached hydrogen (secondary N) is 1. The van der Waals surface area contributed by atoms with Gasteiger partial charge in [0.15, 0.2) is 5.75 Å². The third-order valence-corrected chi connectivity index (χ3v) is 3.23. The highest BCUT2D eigenvalue weighted by Gasteiger charge is 2.18. The zero-order valence-corrected chi connectivity index (χ0v) is 10.4. The van der Waals surface area contributed by atoms with Crippen molar-refractivity contribution in [3.05, 3.63) is 23.8 Å². The van der Waals surface area contributed by atoms with Crippen LogP contribution in [0.15, 0.2) is 18.2 Å². The molecule has 0 radical (unpaired) electrons. The quantitative estimate of drug-likeness (QED) is 0.605. The van der Waals surface area contributed by atoms with Crippen LogP contribution in [0.1, 0.15) is 5.56 Å². The summed E-state index contributed by atoms with van der Waals surface area (Å²) in [5, 5.41) is 0. The molecule has 0 aliphatic carbocycles. The first-order valence-corrected chi connectivity index (χ1v) is 6.43. The summed E-state index contributed by atoms with van der Waals surface area (Å²) < 4.78 is 29.8. The van der Waals surface area contributed by atoms with Crippen LogP contribution < -0.4 is 10.5 Å². The second kappa shape index (κ2) is 5.05. The lowest BCUT2D eigenvalue weighted by Crippen LogP contribution is -2.24. The average Bonchev–Trinajstić information content (AvgIpc) is 2.23. The van der Waals surface area contributed by atoms with Crippen LogP contribution >= 0.6 is 0 Å². The van der Waals surface area contributed by atoms with Crippen LogP contribution in [-0.4, -0.2) is 27.2 Å². The van der Waals surface area contributed by atoms with Crippen molar-refractivity contribution in [2.75, 3.05) is 23.3 Å². The highest BCUT2D eigenvalue weighted by molar-refractivity contribution is 7.93. The number of methoxy groups -OCH3 is 1. The smallest absolute Gasteiger partial charge is 0.322 e. The largest absolute Gasteiger partial charge is 0.468 e. The number of hydrogen-bond acceptors (Lipinski definition) is 5. The van der Waals surface area contributed by atoms with E-state index < -0.39 is 21.7 Å². The first-order valence-electron chi connectivity index (χ1n) is 4.78. The van der Waals surface area contributed by atoms with Crippen molar-refractivity contribution in [3.8, 4) is 0 Å². The highest BCUT2D eigenvalue weighted by Crippen LogP contribution is 2.23. The van der Waals surface area contributed by atoms with E-state index in [9.17, 15) is 13.2 Å². The monoisotopic (exact) mass is 258 g/mol. The van der Waals surface area contributed by atoms with E-state index >= 15 is 0 Å². The van der Waals surface area contributed by atoms with Gasteiger partial charge in [-0.1, -0.05) is 12.1 Å². The zero-order chi connectivity index (χ0) is 13.1. The Bertz CT molecular complexity index is 505. The molecule has 0 spiro atoms. The number of anilines is 2. The first kappa shape index (κ1) is 13.3. The molecule has 1 aromatic carbocycles. The molecule has 17 heavy (non-hydrogen) atoms. The lowest BCUT2D eigenvalue weighted by atomic mass is 10.2. The van der Waals surface area contributed by atoms with Gasteiger partial charge in [-0.15, -0.1) is 0 Å². The molecule has 0 aliphatic heterocycles. The Morgan fingerprint density at radius 3 is 2.65 bits per heavy atom. The lowest BCUT2D eigenvalue weighted by Gasteiger charge is -2.11. The Kier molecular flexibility index (Phi) is 3.95. The molecule has 0 heterocycles. The van der Waals surface area contributed by atoms with Crippen molar-refractivity contribution in [2.24, 2.45) is 0 Å². The van der Waals surface area contributed by atoms with Gasteiger partial charge in [0.05, 0.1) is 18.5 Å². The van der Waals surface area contributed by atoms with Crippen LogP contribution in [0.4, 0.5) is 11.4 Å². The number of nitrogens with two attached hydrogens (primary N) is 1. The maximum absolute atomic E-state index is 11.6. The van der Waals surface area contributed by atoms with E-state index in [1.165, 1.54) is 0 Å². The van der Waals surface area contributed by atoms with Gasteiger partial charge >= 0.3 is 5.97 Å². The molecule has 0 amide bonds. The van der Waals surface area contributed by atoms with Gasteiger partial charge in [-0.05, 0) is 18.6 Å². The fourth-order valence-electron chi connectivity index (χ4n) is 1.24. The van der Waals surface area contributed by atoms with Gasteiger partial charge in [-0.2, -0.15) is 0 Å². The molecular weight excluding hydrogens is 244 g/mol. The maximum atomic E-state index is 11.6. The molecule has 6 nitrogen and oxygen atoms in total. The van der Waals surface area contributed by atoms with Gasteiger partial charge < -0.3 is 10.5 Å². The minimum absolute atomic E-state index is 0.288. The molecular formula is C10H14N2O4S. The van der Waals surface area contributed by atoms with Gasteiger partial charge in [0.25, 0.3) is 0 Å². The molecule has 1 aromatic rings. The van der Waals surface area contributed by atoms with Crippen LogP contribution in [0.2, 0.25) is 0 Å². The van der Waals surface area contributed by atoms with E-state index in [0.29, 0.717) is 11.3 Å². The van der Waals surface area contributed by atoms with E-state index in [0.717, 1.165) is 7.11 Å². The molecule has 0 saturated heterocycles. The molecule has 0 bridgehead atoms. The van der Waals surface area contributed by atoms with Gasteiger partial charge in [0.2, 0.25) is 10.0 Å². The third-order valence-electron chi connectivity index (χ3n) is 2.10. The SMILES string of the molecule is COC(=O)CS(=O)(=O)Nc1c(C)cccc1N. The molecule has 0 saturated carbocycles. The van der Waals surface area contributed by atoms with E-state index in [1.54, 1.807) is 25.1 Å². The molecule has 94 valence electrons. The number of hydrogen-bond donors (Lipinski definition) is 2. The molecule has 0 atom stereocenters. The molecule has 0 unspecified atom stereocenters.